The van der Waals surface area contributed by atoms with Crippen LogP contribution in [0.15, 0.2) is 18.2 Å². The van der Waals surface area contributed by atoms with E-state index in [1.54, 1.807) is 4.90 Å². The number of nitro groups is 1. The van der Waals surface area contributed by atoms with Gasteiger partial charge in [-0.25, -0.2) is 0 Å². The Labute approximate surface area is 120 Å². The standard InChI is InChI=1S/C13H13ClN2O4/c14-12-5-8(16(18)19)1-4-11(12)13(17)15-6-9-2-3-10(7-15)20-9/h1,4-5,9-10H,2-3,6-7H2. The first kappa shape index (κ1) is 13.3. The molecule has 2 fully saturated rings. The molecule has 1 amide bonds. The molecular formula is C13H13ClN2O4. The highest BCUT2D eigenvalue weighted by Gasteiger charge is 2.36. The minimum absolute atomic E-state index is 0.106. The van der Waals surface area contributed by atoms with Gasteiger partial charge in [-0.2, -0.15) is 0 Å². The van der Waals surface area contributed by atoms with Gasteiger partial charge in [0.1, 0.15) is 0 Å². The van der Waals surface area contributed by atoms with Crippen molar-refractivity contribution in [3.63, 3.8) is 0 Å². The van der Waals surface area contributed by atoms with E-state index < -0.39 is 4.92 Å². The summed E-state index contributed by atoms with van der Waals surface area (Å²) in [7, 11) is 0. The molecule has 2 unspecified atom stereocenters. The molecule has 2 saturated heterocycles. The molecule has 6 nitrogen and oxygen atoms in total. The van der Waals surface area contributed by atoms with E-state index in [1.165, 1.54) is 18.2 Å². The van der Waals surface area contributed by atoms with E-state index in [9.17, 15) is 14.9 Å². The second kappa shape index (κ2) is 5.03. The summed E-state index contributed by atoms with van der Waals surface area (Å²) in [6.07, 6.45) is 2.16. The molecule has 2 bridgehead atoms. The zero-order valence-corrected chi connectivity index (χ0v) is 11.4. The number of carbonyl (C=O) groups excluding carboxylic acids is 1. The third kappa shape index (κ3) is 2.36. The van der Waals surface area contributed by atoms with Crippen LogP contribution in [0.5, 0.6) is 0 Å². The van der Waals surface area contributed by atoms with Gasteiger partial charge in [-0.3, -0.25) is 14.9 Å². The van der Waals surface area contributed by atoms with Crippen LogP contribution in [-0.2, 0) is 4.74 Å². The maximum absolute atomic E-state index is 12.4. The molecule has 2 atom stereocenters. The highest BCUT2D eigenvalue weighted by molar-refractivity contribution is 6.34. The smallest absolute Gasteiger partial charge is 0.270 e. The second-order valence-electron chi connectivity index (χ2n) is 5.09. The van der Waals surface area contributed by atoms with E-state index in [1.807, 2.05) is 0 Å². The van der Waals surface area contributed by atoms with Gasteiger partial charge < -0.3 is 9.64 Å². The molecule has 0 N–H and O–H groups in total. The number of halogens is 1. The van der Waals surface area contributed by atoms with Crippen molar-refractivity contribution in [2.45, 2.75) is 25.0 Å². The number of morpholine rings is 1. The maximum atomic E-state index is 12.4. The first-order chi connectivity index (χ1) is 9.54. The Kier molecular flexibility index (Phi) is 3.35. The molecule has 1 aromatic carbocycles. The molecule has 0 aromatic heterocycles. The molecular weight excluding hydrogens is 284 g/mol. The molecule has 0 radical (unpaired) electrons. The van der Waals surface area contributed by atoms with Gasteiger partial charge in [-0.15, -0.1) is 0 Å². The quantitative estimate of drug-likeness (QED) is 0.620. The predicted octanol–water partition coefficient (Wildman–Crippen LogP) is 2.25. The Morgan fingerprint density at radius 2 is 2.00 bits per heavy atom. The molecule has 2 aliphatic rings. The van der Waals surface area contributed by atoms with Crippen molar-refractivity contribution in [1.82, 2.24) is 4.90 Å². The third-order valence-corrected chi connectivity index (χ3v) is 4.04. The van der Waals surface area contributed by atoms with Gasteiger partial charge in [0.2, 0.25) is 0 Å². The number of non-ortho nitro benzene ring substituents is 1. The summed E-state index contributed by atoms with van der Waals surface area (Å²) in [6, 6.07) is 3.93. The van der Waals surface area contributed by atoms with Crippen molar-refractivity contribution in [2.24, 2.45) is 0 Å². The van der Waals surface area contributed by atoms with Crippen molar-refractivity contribution in [2.75, 3.05) is 13.1 Å². The van der Waals surface area contributed by atoms with Crippen LogP contribution >= 0.6 is 11.6 Å². The summed E-state index contributed by atoms with van der Waals surface area (Å²) in [4.78, 5) is 24.3. The first-order valence-electron chi connectivity index (χ1n) is 6.43. The molecule has 1 aromatic rings. The molecule has 7 heteroatoms. The summed E-state index contributed by atoms with van der Waals surface area (Å²) < 4.78 is 5.68. The molecule has 20 heavy (non-hydrogen) atoms. The van der Waals surface area contributed by atoms with Crippen LogP contribution in [0.1, 0.15) is 23.2 Å². The van der Waals surface area contributed by atoms with Crippen LogP contribution in [0.25, 0.3) is 0 Å². The molecule has 3 rings (SSSR count). The van der Waals surface area contributed by atoms with Crippen molar-refractivity contribution >= 4 is 23.2 Å². The van der Waals surface area contributed by atoms with E-state index in [0.717, 1.165) is 12.8 Å². The number of nitrogens with zero attached hydrogens (tertiary/aromatic N) is 2. The lowest BCUT2D eigenvalue weighted by Gasteiger charge is -2.32. The van der Waals surface area contributed by atoms with E-state index in [-0.39, 0.29) is 28.8 Å². The van der Waals surface area contributed by atoms with Crippen LogP contribution in [0.4, 0.5) is 5.69 Å². The topological polar surface area (TPSA) is 72.7 Å². The molecule has 0 saturated carbocycles. The number of fused-ring (bicyclic) bond motifs is 2. The Morgan fingerprint density at radius 1 is 1.35 bits per heavy atom. The van der Waals surface area contributed by atoms with E-state index in [4.69, 9.17) is 16.3 Å². The molecule has 0 aliphatic carbocycles. The third-order valence-electron chi connectivity index (χ3n) is 3.72. The van der Waals surface area contributed by atoms with Crippen LogP contribution in [0.2, 0.25) is 5.02 Å². The fourth-order valence-corrected chi connectivity index (χ4v) is 3.00. The molecule has 106 valence electrons. The molecule has 2 aliphatic heterocycles. The summed E-state index contributed by atoms with van der Waals surface area (Å²) >= 11 is 5.99. The van der Waals surface area contributed by atoms with Gasteiger partial charge in [-0.05, 0) is 18.9 Å². The fourth-order valence-electron chi connectivity index (χ4n) is 2.74. The fraction of sp³-hybridized carbons (Fsp3) is 0.462. The maximum Gasteiger partial charge on any atom is 0.270 e. The highest BCUT2D eigenvalue weighted by Crippen LogP contribution is 2.29. The Balaban J connectivity index is 1.82. The summed E-state index contributed by atoms with van der Waals surface area (Å²) in [5.41, 5.74) is 0.187. The average molecular weight is 297 g/mol. The minimum Gasteiger partial charge on any atom is -0.371 e. The normalized spacial score (nSPS) is 24.8. The number of hydrogen-bond donors (Lipinski definition) is 0. The number of hydrogen-bond acceptors (Lipinski definition) is 4. The lowest BCUT2D eigenvalue weighted by atomic mass is 10.1. The number of nitro benzene ring substituents is 1. The highest BCUT2D eigenvalue weighted by atomic mass is 35.5. The summed E-state index contributed by atoms with van der Waals surface area (Å²) in [5, 5.41) is 10.8. The van der Waals surface area contributed by atoms with Crippen molar-refractivity contribution < 1.29 is 14.5 Å². The van der Waals surface area contributed by atoms with Crippen molar-refractivity contribution in [3.8, 4) is 0 Å². The number of ether oxygens (including phenoxy) is 1. The number of likely N-dealkylation sites (tertiary alicyclic amines) is 1. The zero-order valence-electron chi connectivity index (χ0n) is 10.6. The summed E-state index contributed by atoms with van der Waals surface area (Å²) in [5.74, 6) is -0.190. The molecule has 2 heterocycles. The first-order valence-corrected chi connectivity index (χ1v) is 6.81. The average Bonchev–Trinajstić information content (AvgIpc) is 2.76. The Bertz CT molecular complexity index is 565. The van der Waals surface area contributed by atoms with E-state index in [2.05, 4.69) is 0 Å². The summed E-state index contributed by atoms with van der Waals surface area (Å²) in [6.45, 7) is 1.12. The van der Waals surface area contributed by atoms with Crippen LogP contribution < -0.4 is 0 Å². The van der Waals surface area contributed by atoms with E-state index >= 15 is 0 Å². The largest absolute Gasteiger partial charge is 0.371 e. The van der Waals surface area contributed by atoms with Gasteiger partial charge in [0, 0.05) is 25.2 Å². The van der Waals surface area contributed by atoms with Crippen molar-refractivity contribution in [1.29, 1.82) is 0 Å². The minimum atomic E-state index is -0.533. The van der Waals surface area contributed by atoms with Gasteiger partial charge >= 0.3 is 0 Å². The lowest BCUT2D eigenvalue weighted by Crippen LogP contribution is -2.45. The van der Waals surface area contributed by atoms with Crippen LogP contribution in [-0.4, -0.2) is 41.0 Å². The van der Waals surface area contributed by atoms with Crippen molar-refractivity contribution in [3.05, 3.63) is 38.9 Å². The number of amides is 1. The van der Waals surface area contributed by atoms with E-state index in [0.29, 0.717) is 18.7 Å². The van der Waals surface area contributed by atoms with Gasteiger partial charge in [0.25, 0.3) is 11.6 Å². The zero-order chi connectivity index (χ0) is 14.3. The monoisotopic (exact) mass is 296 g/mol. The lowest BCUT2D eigenvalue weighted by molar-refractivity contribution is -0.384. The predicted molar refractivity (Wildman–Crippen MR) is 71.9 cm³/mol. The number of rotatable bonds is 2. The Morgan fingerprint density at radius 3 is 2.55 bits per heavy atom. The van der Waals surface area contributed by atoms with Gasteiger partial charge in [0.05, 0.1) is 27.7 Å². The van der Waals surface area contributed by atoms with Crippen LogP contribution in [0.3, 0.4) is 0 Å². The SMILES string of the molecule is O=C(c1ccc([N+](=O)[O-])cc1Cl)N1CC2CCC(C1)O2. The van der Waals surface area contributed by atoms with Crippen LogP contribution in [0, 0.1) is 10.1 Å². The van der Waals surface area contributed by atoms with Gasteiger partial charge in [-0.1, -0.05) is 11.6 Å². The molecule has 0 spiro atoms. The van der Waals surface area contributed by atoms with Gasteiger partial charge in [0.15, 0.2) is 0 Å². The Hall–Kier alpha value is -1.66. The second-order valence-corrected chi connectivity index (χ2v) is 5.50. The number of carbonyl (C=O) groups is 1. The number of benzene rings is 1.